The van der Waals surface area contributed by atoms with Crippen molar-refractivity contribution in [2.75, 3.05) is 13.1 Å². The van der Waals surface area contributed by atoms with E-state index < -0.39 is 11.9 Å². The number of carboxylic acid groups (broad SMARTS) is 1. The first-order valence-corrected chi connectivity index (χ1v) is 8.51. The maximum absolute atomic E-state index is 13.6. The minimum atomic E-state index is -0.854. The Morgan fingerprint density at radius 1 is 1.35 bits per heavy atom. The van der Waals surface area contributed by atoms with Crippen molar-refractivity contribution in [1.82, 2.24) is 10.2 Å². The first-order chi connectivity index (χ1) is 11.0. The van der Waals surface area contributed by atoms with Crippen LogP contribution >= 0.6 is 15.9 Å². The summed E-state index contributed by atoms with van der Waals surface area (Å²) in [5.41, 5.74) is 1.83. The van der Waals surface area contributed by atoms with Crippen LogP contribution in [0.15, 0.2) is 16.6 Å². The second kappa shape index (κ2) is 6.47. The highest BCUT2D eigenvalue weighted by atomic mass is 79.9. The number of piperidine rings is 1. The Labute approximate surface area is 142 Å². The molecule has 2 amide bonds. The quantitative estimate of drug-likeness (QED) is 0.822. The van der Waals surface area contributed by atoms with E-state index in [0.29, 0.717) is 30.3 Å². The number of carbonyl (C=O) groups excluding carboxylic acids is 1. The van der Waals surface area contributed by atoms with Crippen LogP contribution in [-0.4, -0.2) is 35.1 Å². The van der Waals surface area contributed by atoms with Crippen molar-refractivity contribution in [3.8, 4) is 0 Å². The zero-order valence-corrected chi connectivity index (χ0v) is 14.1. The van der Waals surface area contributed by atoms with E-state index in [9.17, 15) is 14.0 Å². The molecule has 1 saturated heterocycles. The van der Waals surface area contributed by atoms with Gasteiger partial charge in [0.15, 0.2) is 0 Å². The third-order valence-corrected chi connectivity index (χ3v) is 5.50. The minimum Gasteiger partial charge on any atom is -0.481 e. The van der Waals surface area contributed by atoms with Crippen LogP contribution in [0.2, 0.25) is 0 Å². The molecule has 2 N–H and O–H groups in total. The van der Waals surface area contributed by atoms with E-state index >= 15 is 0 Å². The van der Waals surface area contributed by atoms with Crippen LogP contribution in [-0.2, 0) is 11.2 Å². The zero-order valence-electron chi connectivity index (χ0n) is 12.5. The number of nitrogens with zero attached hydrogens (tertiary/aromatic N) is 1. The Kier molecular flexibility index (Phi) is 4.57. The number of rotatable bonds is 2. The number of fused-ring (bicyclic) bond motifs is 1. The van der Waals surface area contributed by atoms with Gasteiger partial charge in [0.25, 0.3) is 0 Å². The monoisotopic (exact) mass is 384 g/mol. The van der Waals surface area contributed by atoms with Crippen LogP contribution in [0.4, 0.5) is 9.18 Å². The molecule has 0 radical (unpaired) electrons. The summed E-state index contributed by atoms with van der Waals surface area (Å²) in [5.74, 6) is -1.64. The summed E-state index contributed by atoms with van der Waals surface area (Å²) in [6.07, 6.45) is 2.73. The van der Waals surface area contributed by atoms with Crippen molar-refractivity contribution in [1.29, 1.82) is 0 Å². The normalized spacial score (nSPS) is 23.5. The zero-order chi connectivity index (χ0) is 16.6. The number of urea groups is 1. The molecule has 1 aromatic carbocycles. The van der Waals surface area contributed by atoms with Gasteiger partial charge in [-0.25, -0.2) is 9.18 Å². The van der Waals surface area contributed by atoms with Gasteiger partial charge in [-0.1, -0.05) is 6.07 Å². The van der Waals surface area contributed by atoms with Gasteiger partial charge in [-0.3, -0.25) is 4.79 Å². The molecule has 1 fully saturated rings. The summed E-state index contributed by atoms with van der Waals surface area (Å²) in [6.45, 7) is 0.816. The Balaban J connectivity index is 1.68. The van der Waals surface area contributed by atoms with E-state index in [1.807, 2.05) is 0 Å². The van der Waals surface area contributed by atoms with Crippen molar-refractivity contribution in [3.05, 3.63) is 33.5 Å². The number of carbonyl (C=O) groups is 2. The lowest BCUT2D eigenvalue weighted by Crippen LogP contribution is -2.47. The second-order valence-electron chi connectivity index (χ2n) is 6.09. The van der Waals surface area contributed by atoms with Crippen LogP contribution in [0.25, 0.3) is 0 Å². The van der Waals surface area contributed by atoms with Crippen LogP contribution in [0.1, 0.15) is 36.4 Å². The van der Waals surface area contributed by atoms with Crippen molar-refractivity contribution in [3.63, 3.8) is 0 Å². The minimum absolute atomic E-state index is 0.153. The Hall–Kier alpha value is -1.63. The Bertz CT molecular complexity index is 652. The van der Waals surface area contributed by atoms with E-state index in [1.165, 1.54) is 6.07 Å². The molecule has 0 aromatic heterocycles. The van der Waals surface area contributed by atoms with E-state index in [1.54, 1.807) is 11.0 Å². The molecule has 3 rings (SSSR count). The number of hydrogen-bond donors (Lipinski definition) is 2. The number of hydrogen-bond acceptors (Lipinski definition) is 2. The predicted molar refractivity (Wildman–Crippen MR) is 85.6 cm³/mol. The van der Waals surface area contributed by atoms with Gasteiger partial charge >= 0.3 is 12.0 Å². The molecule has 1 heterocycles. The highest BCUT2D eigenvalue weighted by Crippen LogP contribution is 2.37. The lowest BCUT2D eigenvalue weighted by Gasteiger charge is -2.31. The number of carboxylic acids is 1. The maximum atomic E-state index is 13.6. The van der Waals surface area contributed by atoms with Crippen LogP contribution in [0.3, 0.4) is 0 Å². The van der Waals surface area contributed by atoms with Gasteiger partial charge in [0, 0.05) is 13.1 Å². The summed E-state index contributed by atoms with van der Waals surface area (Å²) < 4.78 is 14.0. The van der Waals surface area contributed by atoms with Crippen molar-refractivity contribution in [2.24, 2.45) is 5.92 Å². The fourth-order valence-electron chi connectivity index (χ4n) is 3.39. The molecule has 2 unspecified atom stereocenters. The first kappa shape index (κ1) is 16.2. The summed E-state index contributed by atoms with van der Waals surface area (Å²) in [7, 11) is 0. The number of halogens is 2. The number of likely N-dealkylation sites (tertiary alicyclic amines) is 1. The van der Waals surface area contributed by atoms with Gasteiger partial charge < -0.3 is 15.3 Å². The summed E-state index contributed by atoms with van der Waals surface area (Å²) >= 11 is 3.26. The van der Waals surface area contributed by atoms with Gasteiger partial charge in [0.1, 0.15) is 5.82 Å². The van der Waals surface area contributed by atoms with Gasteiger partial charge in [-0.2, -0.15) is 0 Å². The summed E-state index contributed by atoms with van der Waals surface area (Å²) in [5, 5.41) is 12.1. The molecule has 1 aromatic rings. The molecule has 0 bridgehead atoms. The molecular formula is C16H18BrFN2O3. The molecule has 7 heteroatoms. The van der Waals surface area contributed by atoms with Crippen molar-refractivity contribution >= 4 is 27.9 Å². The molecule has 5 nitrogen and oxygen atoms in total. The lowest BCUT2D eigenvalue weighted by molar-refractivity contribution is -0.143. The number of benzene rings is 1. The number of aliphatic carboxylic acids is 1. The van der Waals surface area contributed by atoms with Gasteiger partial charge in [-0.15, -0.1) is 0 Å². The third-order valence-electron chi connectivity index (χ3n) is 4.65. The SMILES string of the molecule is O=C(O)C1CCCN(C(=O)NC2CCc3c2ccc(F)c3Br)C1. The standard InChI is InChI=1S/C16H18BrFN2O3/c17-14-11-4-6-13(10(11)3-5-12(14)18)19-16(23)20-7-1-2-9(8-20)15(21)22/h3,5,9,13H,1-2,4,6-8H2,(H,19,23)(H,21,22). The van der Waals surface area contributed by atoms with E-state index in [4.69, 9.17) is 5.11 Å². The van der Waals surface area contributed by atoms with Crippen molar-refractivity contribution in [2.45, 2.75) is 31.7 Å². The average Bonchev–Trinajstić information content (AvgIpc) is 2.94. The Morgan fingerprint density at radius 3 is 2.87 bits per heavy atom. The number of amides is 2. The Morgan fingerprint density at radius 2 is 2.13 bits per heavy atom. The van der Waals surface area contributed by atoms with Crippen LogP contribution in [0, 0.1) is 11.7 Å². The van der Waals surface area contributed by atoms with E-state index in [0.717, 1.165) is 17.5 Å². The smallest absolute Gasteiger partial charge is 0.317 e. The molecule has 1 aliphatic heterocycles. The highest BCUT2D eigenvalue weighted by Gasteiger charge is 2.31. The molecular weight excluding hydrogens is 367 g/mol. The molecule has 0 spiro atoms. The molecule has 23 heavy (non-hydrogen) atoms. The fourth-order valence-corrected chi connectivity index (χ4v) is 3.95. The molecule has 0 saturated carbocycles. The third kappa shape index (κ3) is 3.20. The summed E-state index contributed by atoms with van der Waals surface area (Å²) in [6, 6.07) is 2.71. The maximum Gasteiger partial charge on any atom is 0.317 e. The highest BCUT2D eigenvalue weighted by molar-refractivity contribution is 9.10. The first-order valence-electron chi connectivity index (χ1n) is 7.72. The molecule has 2 atom stereocenters. The fraction of sp³-hybridized carbons (Fsp3) is 0.500. The second-order valence-corrected chi connectivity index (χ2v) is 6.89. The van der Waals surface area contributed by atoms with Gasteiger partial charge in [-0.05, 0) is 58.8 Å². The largest absolute Gasteiger partial charge is 0.481 e. The van der Waals surface area contributed by atoms with Gasteiger partial charge in [0.05, 0.1) is 16.4 Å². The van der Waals surface area contributed by atoms with Crippen LogP contribution < -0.4 is 5.32 Å². The van der Waals surface area contributed by atoms with Crippen molar-refractivity contribution < 1.29 is 19.1 Å². The lowest BCUT2D eigenvalue weighted by atomic mass is 9.98. The molecule has 1 aliphatic carbocycles. The predicted octanol–water partition coefficient (Wildman–Crippen LogP) is 3.08. The van der Waals surface area contributed by atoms with Crippen LogP contribution in [0.5, 0.6) is 0 Å². The molecule has 2 aliphatic rings. The van der Waals surface area contributed by atoms with E-state index in [2.05, 4.69) is 21.2 Å². The van der Waals surface area contributed by atoms with E-state index in [-0.39, 0.29) is 24.4 Å². The molecule has 124 valence electrons. The number of nitrogens with one attached hydrogen (secondary N) is 1. The van der Waals surface area contributed by atoms with Gasteiger partial charge in [0.2, 0.25) is 0 Å². The average molecular weight is 385 g/mol. The summed E-state index contributed by atoms with van der Waals surface area (Å²) in [4.78, 5) is 25.1. The topological polar surface area (TPSA) is 69.6 Å².